The summed E-state index contributed by atoms with van der Waals surface area (Å²) in [4.78, 5) is 33.8. The summed E-state index contributed by atoms with van der Waals surface area (Å²) >= 11 is 0. The van der Waals surface area contributed by atoms with Crippen LogP contribution in [-0.2, 0) is 16.1 Å². The predicted octanol–water partition coefficient (Wildman–Crippen LogP) is 5.00. The number of methoxy groups -OCH3 is 1. The van der Waals surface area contributed by atoms with Crippen LogP contribution in [0.4, 0.5) is 11.4 Å². The number of ether oxygens (including phenoxy) is 2. The van der Waals surface area contributed by atoms with Gasteiger partial charge in [-0.1, -0.05) is 29.8 Å². The van der Waals surface area contributed by atoms with Gasteiger partial charge in [-0.15, -0.1) is 0 Å². The van der Waals surface area contributed by atoms with E-state index in [0.29, 0.717) is 39.4 Å². The first kappa shape index (κ1) is 23.7. The van der Waals surface area contributed by atoms with Gasteiger partial charge in [0, 0.05) is 29.8 Å². The lowest BCUT2D eigenvalue weighted by Crippen LogP contribution is -2.22. The number of amides is 1. The molecule has 0 unspecified atom stereocenters. The van der Waals surface area contributed by atoms with Crippen LogP contribution in [0.3, 0.4) is 0 Å². The number of nitrogens with zero attached hydrogens (tertiary/aromatic N) is 2. The van der Waals surface area contributed by atoms with Crippen molar-refractivity contribution in [3.05, 3.63) is 88.7 Å². The molecule has 0 saturated heterocycles. The van der Waals surface area contributed by atoms with E-state index in [9.17, 15) is 9.59 Å². The third kappa shape index (κ3) is 5.38. The van der Waals surface area contributed by atoms with Crippen LogP contribution < -0.4 is 15.6 Å². The van der Waals surface area contributed by atoms with Crippen LogP contribution in [0.5, 0.6) is 5.75 Å². The van der Waals surface area contributed by atoms with Crippen molar-refractivity contribution < 1.29 is 23.5 Å². The molecule has 8 nitrogen and oxygen atoms in total. The minimum Gasteiger partial charge on any atom is -0.494 e. The number of fused-ring (bicyclic) bond motifs is 1. The van der Waals surface area contributed by atoms with Crippen molar-refractivity contribution in [3.8, 4) is 5.75 Å². The number of carbonyl (C=O) groups is 2. The number of hydrogen-bond acceptors (Lipinski definition) is 7. The Morgan fingerprint density at radius 1 is 1.09 bits per heavy atom. The van der Waals surface area contributed by atoms with Crippen LogP contribution in [0, 0.1) is 13.8 Å². The van der Waals surface area contributed by atoms with Gasteiger partial charge >= 0.3 is 5.97 Å². The summed E-state index contributed by atoms with van der Waals surface area (Å²) in [6, 6.07) is 16.3. The predicted molar refractivity (Wildman–Crippen MR) is 132 cm³/mol. The Morgan fingerprint density at radius 2 is 1.83 bits per heavy atom. The number of pyridine rings is 1. The van der Waals surface area contributed by atoms with Gasteiger partial charge in [-0.25, -0.2) is 4.99 Å². The summed E-state index contributed by atoms with van der Waals surface area (Å²) in [5.41, 5.74) is 4.18. The molecule has 0 saturated carbocycles. The third-order valence-corrected chi connectivity index (χ3v) is 5.34. The minimum atomic E-state index is -0.421. The molecule has 4 aromatic rings. The molecule has 0 aliphatic rings. The lowest BCUT2D eigenvalue weighted by Gasteiger charge is -2.11. The lowest BCUT2D eigenvalue weighted by atomic mass is 10.1. The molecular weight excluding hydrogens is 446 g/mol. The molecule has 2 heterocycles. The number of esters is 1. The number of benzene rings is 2. The number of carbonyl (C=O) groups excluding carboxylic acids is 2. The van der Waals surface area contributed by atoms with E-state index >= 15 is 0 Å². The van der Waals surface area contributed by atoms with E-state index in [1.165, 1.54) is 6.92 Å². The average Bonchev–Trinajstić information content (AvgIpc) is 2.85. The Morgan fingerprint density at radius 3 is 2.54 bits per heavy atom. The molecule has 1 amide bonds. The van der Waals surface area contributed by atoms with Crippen molar-refractivity contribution in [1.82, 2.24) is 4.98 Å². The molecule has 0 aliphatic carbocycles. The molecule has 0 bridgehead atoms. The van der Waals surface area contributed by atoms with Gasteiger partial charge in [0.05, 0.1) is 12.8 Å². The quantitative estimate of drug-likeness (QED) is 0.397. The van der Waals surface area contributed by atoms with Crippen molar-refractivity contribution in [2.75, 3.05) is 12.4 Å². The normalized spacial score (nSPS) is 11.4. The Kier molecular flexibility index (Phi) is 6.91. The summed E-state index contributed by atoms with van der Waals surface area (Å²) in [5.74, 6) is -0.289. The minimum absolute atomic E-state index is 0.00332. The summed E-state index contributed by atoms with van der Waals surface area (Å²) in [6.45, 7) is 5.09. The van der Waals surface area contributed by atoms with Crippen molar-refractivity contribution in [2.45, 2.75) is 27.4 Å². The van der Waals surface area contributed by atoms with Gasteiger partial charge in [0.2, 0.25) is 5.55 Å². The van der Waals surface area contributed by atoms with Gasteiger partial charge in [0.1, 0.15) is 23.6 Å². The molecule has 0 fully saturated rings. The largest absolute Gasteiger partial charge is 0.494 e. The maximum Gasteiger partial charge on any atom is 0.302 e. The zero-order valence-corrected chi connectivity index (χ0v) is 19.9. The highest BCUT2D eigenvalue weighted by Gasteiger charge is 2.17. The van der Waals surface area contributed by atoms with E-state index in [1.807, 2.05) is 43.3 Å². The van der Waals surface area contributed by atoms with Crippen molar-refractivity contribution in [2.24, 2.45) is 4.99 Å². The maximum atomic E-state index is 13.4. The van der Waals surface area contributed by atoms with Gasteiger partial charge in [0.15, 0.2) is 5.58 Å². The van der Waals surface area contributed by atoms with E-state index < -0.39 is 11.9 Å². The molecule has 0 aliphatic heterocycles. The third-order valence-electron chi connectivity index (χ3n) is 5.34. The summed E-state index contributed by atoms with van der Waals surface area (Å²) in [7, 11) is 1.55. The van der Waals surface area contributed by atoms with Crippen molar-refractivity contribution in [3.63, 3.8) is 0 Å². The highest BCUT2D eigenvalue weighted by Crippen LogP contribution is 2.27. The number of hydrogen-bond donors (Lipinski definition) is 1. The molecule has 0 atom stereocenters. The highest BCUT2D eigenvalue weighted by molar-refractivity contribution is 6.05. The average molecular weight is 472 g/mol. The second kappa shape index (κ2) is 10.2. The van der Waals surface area contributed by atoms with Gasteiger partial charge in [0.25, 0.3) is 5.91 Å². The number of nitrogens with one attached hydrogen (secondary N) is 1. The van der Waals surface area contributed by atoms with Crippen molar-refractivity contribution in [1.29, 1.82) is 0 Å². The second-order valence-electron chi connectivity index (χ2n) is 7.96. The molecular formula is C27H25N3O5. The Hall–Kier alpha value is -4.46. The standard InChI is InChI=1S/C27H25N3O5/c1-16-9-11-20(12-10-16)29-26(32)22-13-21-19(15-34-18(3)31)14-28-17(2)25(21)35-27(22)30-23-7-5-6-8-24(23)33-4/h5-14H,15H2,1-4H3,(H,29,32). The van der Waals surface area contributed by atoms with E-state index in [2.05, 4.69) is 15.3 Å². The number of para-hydroxylation sites is 2. The molecule has 2 aromatic heterocycles. The smallest absolute Gasteiger partial charge is 0.302 e. The molecule has 35 heavy (non-hydrogen) atoms. The van der Waals surface area contributed by atoms with Gasteiger partial charge in [-0.05, 0) is 44.2 Å². The van der Waals surface area contributed by atoms with E-state index in [1.54, 1.807) is 38.4 Å². The van der Waals surface area contributed by atoms with E-state index in [-0.39, 0.29) is 17.7 Å². The zero-order valence-electron chi connectivity index (χ0n) is 19.9. The van der Waals surface area contributed by atoms with Crippen molar-refractivity contribution >= 4 is 34.2 Å². The summed E-state index contributed by atoms with van der Waals surface area (Å²) in [5, 5.41) is 3.50. The second-order valence-corrected chi connectivity index (χ2v) is 7.96. The molecule has 2 aromatic carbocycles. The fraction of sp³-hybridized carbons (Fsp3) is 0.185. The Bertz CT molecular complexity index is 1470. The number of aryl methyl sites for hydroxylation is 2. The Balaban J connectivity index is 1.92. The zero-order chi connectivity index (χ0) is 24.9. The van der Waals surface area contributed by atoms with E-state index in [4.69, 9.17) is 13.9 Å². The molecule has 0 spiro atoms. The van der Waals surface area contributed by atoms with Crippen LogP contribution in [0.25, 0.3) is 11.0 Å². The first-order valence-electron chi connectivity index (χ1n) is 11.0. The fourth-order valence-electron chi connectivity index (χ4n) is 3.50. The number of rotatable bonds is 6. The molecule has 1 N–H and O–H groups in total. The molecule has 178 valence electrons. The van der Waals surface area contributed by atoms with Crippen LogP contribution in [0.1, 0.15) is 34.1 Å². The van der Waals surface area contributed by atoms with E-state index in [0.717, 1.165) is 5.56 Å². The molecule has 8 heteroatoms. The number of anilines is 1. The first-order chi connectivity index (χ1) is 16.9. The monoisotopic (exact) mass is 471 g/mol. The van der Waals surface area contributed by atoms with Gasteiger partial charge < -0.3 is 19.2 Å². The lowest BCUT2D eigenvalue weighted by molar-refractivity contribution is -0.142. The van der Waals surface area contributed by atoms with Crippen LogP contribution >= 0.6 is 0 Å². The van der Waals surface area contributed by atoms with Crippen LogP contribution in [0.2, 0.25) is 0 Å². The molecule has 4 rings (SSSR count). The van der Waals surface area contributed by atoms with Gasteiger partial charge in [-0.2, -0.15) is 0 Å². The topological polar surface area (TPSA) is 103 Å². The highest BCUT2D eigenvalue weighted by atomic mass is 16.5. The SMILES string of the molecule is COc1ccccc1N=c1oc2c(C)ncc(COC(C)=O)c2cc1C(=O)Nc1ccc(C)cc1. The summed E-state index contributed by atoms with van der Waals surface area (Å²) < 4.78 is 16.8. The van der Waals surface area contributed by atoms with Gasteiger partial charge in [-0.3, -0.25) is 14.6 Å². The van der Waals surface area contributed by atoms with Crippen LogP contribution in [-0.4, -0.2) is 24.0 Å². The molecule has 0 radical (unpaired) electrons. The Labute approximate surface area is 202 Å². The number of aromatic nitrogens is 1. The summed E-state index contributed by atoms with van der Waals surface area (Å²) in [6.07, 6.45) is 1.61. The van der Waals surface area contributed by atoms with Crippen LogP contribution in [0.15, 0.2) is 70.2 Å². The maximum absolute atomic E-state index is 13.4. The fourth-order valence-corrected chi connectivity index (χ4v) is 3.50. The first-order valence-corrected chi connectivity index (χ1v) is 11.0.